The fraction of sp³-hybridized carbons (Fsp3) is 0.400. The van der Waals surface area contributed by atoms with Gasteiger partial charge < -0.3 is 9.47 Å². The second-order valence-corrected chi connectivity index (χ2v) is 3.73. The van der Waals surface area contributed by atoms with Crippen molar-refractivity contribution in [3.63, 3.8) is 0 Å². The Labute approximate surface area is 87.0 Å². The van der Waals surface area contributed by atoms with E-state index in [2.05, 4.69) is 15.9 Å². The van der Waals surface area contributed by atoms with Crippen LogP contribution >= 0.6 is 15.9 Å². The number of hydrogen-bond acceptors (Lipinski definition) is 2. The third-order valence-electron chi connectivity index (χ3n) is 1.68. The Bertz CT molecular complexity index is 263. The highest BCUT2D eigenvalue weighted by atomic mass is 79.9. The van der Waals surface area contributed by atoms with E-state index in [0.29, 0.717) is 6.61 Å². The standard InChI is InChI=1S/C10H13BrO2/c1-8(12-2)7-13-10-5-3-4-9(11)6-10/h3-6,8H,7H2,1-2H3/t8-/m1/s1. The predicted octanol–water partition coefficient (Wildman–Crippen LogP) is 2.86. The Morgan fingerprint density at radius 2 is 2.23 bits per heavy atom. The summed E-state index contributed by atoms with van der Waals surface area (Å²) in [5.74, 6) is 0.860. The molecule has 0 radical (unpaired) electrons. The lowest BCUT2D eigenvalue weighted by atomic mass is 10.3. The summed E-state index contributed by atoms with van der Waals surface area (Å²) in [7, 11) is 1.68. The van der Waals surface area contributed by atoms with Gasteiger partial charge in [0.1, 0.15) is 12.4 Å². The number of ether oxygens (including phenoxy) is 2. The van der Waals surface area contributed by atoms with Gasteiger partial charge in [-0.15, -0.1) is 0 Å². The fourth-order valence-electron chi connectivity index (χ4n) is 0.838. The van der Waals surface area contributed by atoms with Crippen LogP contribution in [0.5, 0.6) is 5.75 Å². The van der Waals surface area contributed by atoms with Crippen molar-refractivity contribution in [2.45, 2.75) is 13.0 Å². The molecule has 0 aromatic heterocycles. The van der Waals surface area contributed by atoms with Crippen LogP contribution in [-0.2, 0) is 4.74 Å². The topological polar surface area (TPSA) is 18.5 Å². The molecule has 0 amide bonds. The molecule has 1 aromatic carbocycles. The molecule has 1 atom stereocenters. The molecule has 1 rings (SSSR count). The molecule has 0 heterocycles. The first-order valence-electron chi connectivity index (χ1n) is 4.13. The SMILES string of the molecule is CO[C@H](C)COc1cccc(Br)c1. The van der Waals surface area contributed by atoms with Crippen molar-refractivity contribution < 1.29 is 9.47 Å². The van der Waals surface area contributed by atoms with Gasteiger partial charge >= 0.3 is 0 Å². The first kappa shape index (κ1) is 10.5. The van der Waals surface area contributed by atoms with Crippen molar-refractivity contribution in [1.82, 2.24) is 0 Å². The first-order chi connectivity index (χ1) is 6.22. The smallest absolute Gasteiger partial charge is 0.120 e. The number of hydrogen-bond donors (Lipinski definition) is 0. The summed E-state index contributed by atoms with van der Waals surface area (Å²) in [5, 5.41) is 0. The van der Waals surface area contributed by atoms with E-state index in [1.54, 1.807) is 7.11 Å². The average molecular weight is 245 g/mol. The summed E-state index contributed by atoms with van der Waals surface area (Å²) in [4.78, 5) is 0. The minimum Gasteiger partial charge on any atom is -0.491 e. The van der Waals surface area contributed by atoms with Crippen molar-refractivity contribution >= 4 is 15.9 Å². The van der Waals surface area contributed by atoms with Crippen molar-refractivity contribution in [1.29, 1.82) is 0 Å². The maximum Gasteiger partial charge on any atom is 0.120 e. The predicted molar refractivity (Wildman–Crippen MR) is 56.1 cm³/mol. The highest BCUT2D eigenvalue weighted by Crippen LogP contribution is 2.17. The van der Waals surface area contributed by atoms with Crippen molar-refractivity contribution in [3.8, 4) is 5.75 Å². The molecule has 2 nitrogen and oxygen atoms in total. The highest BCUT2D eigenvalue weighted by Gasteiger charge is 2.00. The summed E-state index contributed by atoms with van der Waals surface area (Å²) >= 11 is 3.37. The maximum absolute atomic E-state index is 5.48. The summed E-state index contributed by atoms with van der Waals surface area (Å²) in [6.45, 7) is 2.55. The van der Waals surface area contributed by atoms with Crippen LogP contribution in [0.25, 0.3) is 0 Å². The molecule has 0 saturated carbocycles. The zero-order valence-corrected chi connectivity index (χ0v) is 9.37. The van der Waals surface area contributed by atoms with Gasteiger partial charge in [0.05, 0.1) is 6.10 Å². The van der Waals surface area contributed by atoms with Gasteiger partial charge in [0.25, 0.3) is 0 Å². The molecular formula is C10H13BrO2. The third kappa shape index (κ3) is 3.79. The van der Waals surface area contributed by atoms with Crippen LogP contribution < -0.4 is 4.74 Å². The molecule has 0 unspecified atom stereocenters. The molecule has 0 N–H and O–H groups in total. The lowest BCUT2D eigenvalue weighted by molar-refractivity contribution is 0.0716. The van der Waals surface area contributed by atoms with E-state index in [4.69, 9.17) is 9.47 Å². The van der Waals surface area contributed by atoms with Gasteiger partial charge in [-0.25, -0.2) is 0 Å². The van der Waals surface area contributed by atoms with Gasteiger partial charge in [-0.3, -0.25) is 0 Å². The number of halogens is 1. The quantitative estimate of drug-likeness (QED) is 0.812. The Hall–Kier alpha value is -0.540. The lowest BCUT2D eigenvalue weighted by Gasteiger charge is -2.11. The van der Waals surface area contributed by atoms with Crippen LogP contribution in [-0.4, -0.2) is 19.8 Å². The lowest BCUT2D eigenvalue weighted by Crippen LogP contribution is -2.15. The van der Waals surface area contributed by atoms with Gasteiger partial charge in [-0.2, -0.15) is 0 Å². The van der Waals surface area contributed by atoms with Crippen LogP contribution in [0.1, 0.15) is 6.92 Å². The van der Waals surface area contributed by atoms with Crippen LogP contribution in [0.15, 0.2) is 28.7 Å². The van der Waals surface area contributed by atoms with Gasteiger partial charge in [0.15, 0.2) is 0 Å². The third-order valence-corrected chi connectivity index (χ3v) is 2.18. The minimum absolute atomic E-state index is 0.124. The van der Waals surface area contributed by atoms with Gasteiger partial charge in [0, 0.05) is 11.6 Å². The summed E-state index contributed by atoms with van der Waals surface area (Å²) < 4.78 is 11.6. The Morgan fingerprint density at radius 1 is 1.46 bits per heavy atom. The van der Waals surface area contributed by atoms with E-state index < -0.39 is 0 Å². The van der Waals surface area contributed by atoms with E-state index in [0.717, 1.165) is 10.2 Å². The molecule has 1 aromatic rings. The fourth-order valence-corrected chi connectivity index (χ4v) is 1.22. The van der Waals surface area contributed by atoms with Crippen LogP contribution in [0, 0.1) is 0 Å². The van der Waals surface area contributed by atoms with Crippen LogP contribution in [0.4, 0.5) is 0 Å². The average Bonchev–Trinajstić information content (AvgIpc) is 2.14. The zero-order valence-electron chi connectivity index (χ0n) is 7.79. The number of rotatable bonds is 4. The molecule has 0 aliphatic carbocycles. The van der Waals surface area contributed by atoms with Crippen molar-refractivity contribution in [2.75, 3.05) is 13.7 Å². The first-order valence-corrected chi connectivity index (χ1v) is 4.93. The minimum atomic E-state index is 0.124. The maximum atomic E-state index is 5.48. The van der Waals surface area contributed by atoms with Gasteiger partial charge in [0.2, 0.25) is 0 Å². The number of benzene rings is 1. The zero-order chi connectivity index (χ0) is 9.68. The molecule has 13 heavy (non-hydrogen) atoms. The molecule has 0 aliphatic rings. The van der Waals surface area contributed by atoms with E-state index in [1.165, 1.54) is 0 Å². The molecule has 0 aliphatic heterocycles. The largest absolute Gasteiger partial charge is 0.491 e. The van der Waals surface area contributed by atoms with Crippen LogP contribution in [0.3, 0.4) is 0 Å². The van der Waals surface area contributed by atoms with E-state index >= 15 is 0 Å². The highest BCUT2D eigenvalue weighted by molar-refractivity contribution is 9.10. The second-order valence-electron chi connectivity index (χ2n) is 2.81. The van der Waals surface area contributed by atoms with E-state index in [9.17, 15) is 0 Å². The monoisotopic (exact) mass is 244 g/mol. The molecule has 0 fully saturated rings. The summed E-state index contributed by atoms with van der Waals surface area (Å²) in [5.41, 5.74) is 0. The van der Waals surface area contributed by atoms with Crippen molar-refractivity contribution in [3.05, 3.63) is 28.7 Å². The molecule has 0 saturated heterocycles. The van der Waals surface area contributed by atoms with E-state index in [-0.39, 0.29) is 6.10 Å². The molecule has 0 spiro atoms. The van der Waals surface area contributed by atoms with Crippen molar-refractivity contribution in [2.24, 2.45) is 0 Å². The Balaban J connectivity index is 2.45. The van der Waals surface area contributed by atoms with Crippen LogP contribution in [0.2, 0.25) is 0 Å². The molecule has 0 bridgehead atoms. The Kier molecular flexibility index (Phi) is 4.25. The number of methoxy groups -OCH3 is 1. The molecule has 3 heteroatoms. The van der Waals surface area contributed by atoms with Gasteiger partial charge in [-0.05, 0) is 25.1 Å². The summed E-state index contributed by atoms with van der Waals surface area (Å²) in [6.07, 6.45) is 0.124. The van der Waals surface area contributed by atoms with Gasteiger partial charge in [-0.1, -0.05) is 22.0 Å². The molecule has 72 valence electrons. The normalized spacial score (nSPS) is 12.5. The Morgan fingerprint density at radius 3 is 2.85 bits per heavy atom. The van der Waals surface area contributed by atoms with E-state index in [1.807, 2.05) is 31.2 Å². The summed E-state index contributed by atoms with van der Waals surface area (Å²) in [6, 6.07) is 7.76. The second kappa shape index (κ2) is 5.25. The molecular weight excluding hydrogens is 232 g/mol.